The topological polar surface area (TPSA) is 72.8 Å². The van der Waals surface area contributed by atoms with Crippen LogP contribution in [0.5, 0.6) is 28.7 Å². The summed E-state index contributed by atoms with van der Waals surface area (Å²) in [4.78, 5) is 0.472. The van der Waals surface area contributed by atoms with Gasteiger partial charge in [-0.05, 0) is 95.9 Å². The van der Waals surface area contributed by atoms with E-state index in [4.69, 9.17) is 9.47 Å². The highest BCUT2D eigenvalue weighted by atomic mass is 32.2. The van der Waals surface area contributed by atoms with Crippen molar-refractivity contribution < 1.29 is 23.0 Å². The second-order valence-electron chi connectivity index (χ2n) is 8.92. The van der Waals surface area contributed by atoms with Gasteiger partial charge in [-0.1, -0.05) is 32.9 Å². The van der Waals surface area contributed by atoms with Gasteiger partial charge in [0.15, 0.2) is 0 Å². The molecule has 4 rings (SSSR count). The van der Waals surface area contributed by atoms with Crippen molar-refractivity contribution in [3.8, 4) is 28.7 Å². The summed E-state index contributed by atoms with van der Waals surface area (Å²) < 4.78 is 37.6. The van der Waals surface area contributed by atoms with Gasteiger partial charge in [-0.15, -0.1) is 0 Å². The van der Waals surface area contributed by atoms with E-state index < -0.39 is 9.84 Å². The molecule has 1 N–H and O–H groups in total. The predicted molar refractivity (Wildman–Crippen MR) is 132 cm³/mol. The van der Waals surface area contributed by atoms with Gasteiger partial charge in [0.05, 0.1) is 9.79 Å². The van der Waals surface area contributed by atoms with E-state index in [-0.39, 0.29) is 21.0 Å². The minimum absolute atomic E-state index is 0.0445. The fourth-order valence-corrected chi connectivity index (χ4v) is 4.58. The van der Waals surface area contributed by atoms with Crippen LogP contribution >= 0.6 is 0 Å². The van der Waals surface area contributed by atoms with Crippen molar-refractivity contribution >= 4 is 9.84 Å². The van der Waals surface area contributed by atoms with E-state index in [0.29, 0.717) is 23.0 Å². The molecule has 4 aromatic carbocycles. The molecule has 0 spiro atoms. The number of phenolic OH excluding ortho intramolecular Hbond substituents is 1. The molecule has 0 heterocycles. The molecule has 0 fully saturated rings. The van der Waals surface area contributed by atoms with Gasteiger partial charge in [-0.3, -0.25) is 0 Å². The van der Waals surface area contributed by atoms with Crippen LogP contribution in [-0.4, -0.2) is 13.5 Å². The average molecular weight is 475 g/mol. The second-order valence-corrected chi connectivity index (χ2v) is 10.9. The van der Waals surface area contributed by atoms with E-state index in [2.05, 4.69) is 20.8 Å². The normalized spacial score (nSPS) is 11.7. The number of phenols is 1. The quantitative estimate of drug-likeness (QED) is 0.322. The lowest BCUT2D eigenvalue weighted by Gasteiger charge is -2.19. The summed E-state index contributed by atoms with van der Waals surface area (Å²) in [6, 6.07) is 26.9. The lowest BCUT2D eigenvalue weighted by atomic mass is 9.87. The first kappa shape index (κ1) is 23.4. The highest BCUT2D eigenvalue weighted by Gasteiger charge is 2.20. The van der Waals surface area contributed by atoms with Gasteiger partial charge >= 0.3 is 0 Å². The number of ether oxygens (including phenoxy) is 2. The predicted octanol–water partition coefficient (Wildman–Crippen LogP) is 7.11. The third-order valence-corrected chi connectivity index (χ3v) is 7.08. The van der Waals surface area contributed by atoms with E-state index in [9.17, 15) is 13.5 Å². The van der Waals surface area contributed by atoms with Gasteiger partial charge < -0.3 is 14.6 Å². The van der Waals surface area contributed by atoms with Crippen LogP contribution in [0, 0.1) is 0 Å². The zero-order valence-corrected chi connectivity index (χ0v) is 20.0. The molecule has 34 heavy (non-hydrogen) atoms. The van der Waals surface area contributed by atoms with Gasteiger partial charge in [0.1, 0.15) is 28.7 Å². The van der Waals surface area contributed by atoms with Crippen LogP contribution in [0.15, 0.2) is 107 Å². The second kappa shape index (κ2) is 9.23. The van der Waals surface area contributed by atoms with Crippen LogP contribution in [0.2, 0.25) is 0 Å². The lowest BCUT2D eigenvalue weighted by Crippen LogP contribution is -2.11. The molecule has 0 saturated carbocycles. The Morgan fingerprint density at radius 3 is 1.26 bits per heavy atom. The summed E-state index contributed by atoms with van der Waals surface area (Å²) in [5.41, 5.74) is 1.03. The molecule has 0 unspecified atom stereocenters. The number of rotatable bonds is 6. The van der Waals surface area contributed by atoms with Crippen molar-refractivity contribution in [2.24, 2.45) is 0 Å². The Morgan fingerprint density at radius 2 is 0.882 bits per heavy atom. The van der Waals surface area contributed by atoms with E-state index in [1.165, 1.54) is 0 Å². The molecule has 0 atom stereocenters. The summed E-state index contributed by atoms with van der Waals surface area (Å²) in [7, 11) is -3.62. The summed E-state index contributed by atoms with van der Waals surface area (Å²) in [5.74, 6) is 2.52. The molecule has 0 aliphatic rings. The van der Waals surface area contributed by atoms with Crippen LogP contribution in [0.4, 0.5) is 0 Å². The minimum Gasteiger partial charge on any atom is -0.508 e. The van der Waals surface area contributed by atoms with Crippen LogP contribution in [0.1, 0.15) is 26.3 Å². The summed E-state index contributed by atoms with van der Waals surface area (Å²) >= 11 is 0. The smallest absolute Gasteiger partial charge is 0.206 e. The van der Waals surface area contributed by atoms with E-state index >= 15 is 0 Å². The Balaban J connectivity index is 1.43. The molecule has 0 aliphatic carbocycles. The third kappa shape index (κ3) is 5.41. The van der Waals surface area contributed by atoms with Crippen LogP contribution < -0.4 is 9.47 Å². The molecule has 0 radical (unpaired) electrons. The highest BCUT2D eigenvalue weighted by molar-refractivity contribution is 7.91. The average Bonchev–Trinajstić information content (AvgIpc) is 2.82. The van der Waals surface area contributed by atoms with Crippen molar-refractivity contribution in [3.63, 3.8) is 0 Å². The zero-order chi connectivity index (χ0) is 24.3. The summed E-state index contributed by atoms with van der Waals surface area (Å²) in [5, 5.41) is 9.35. The Bertz CT molecular complexity index is 1350. The maximum atomic E-state index is 13.0. The van der Waals surface area contributed by atoms with Crippen LogP contribution in [-0.2, 0) is 15.3 Å². The number of hydrogen-bond donors (Lipinski definition) is 1. The molecular weight excluding hydrogens is 448 g/mol. The van der Waals surface area contributed by atoms with Crippen LogP contribution in [0.3, 0.4) is 0 Å². The number of benzene rings is 4. The van der Waals surface area contributed by atoms with Crippen LogP contribution in [0.25, 0.3) is 0 Å². The first-order valence-corrected chi connectivity index (χ1v) is 12.3. The molecular formula is C28H26O5S. The van der Waals surface area contributed by atoms with E-state index in [1.54, 1.807) is 84.9 Å². The fourth-order valence-electron chi connectivity index (χ4n) is 3.32. The molecule has 5 nitrogen and oxygen atoms in total. The standard InChI is InChI=1S/C28H26O5S/c1-28(2,3)20-4-16-26(17-5-20)34(30,31)27-18-14-25(15-19-27)33-24-12-10-23(11-13-24)32-22-8-6-21(29)7-9-22/h4-19,29H,1-3H3. The SMILES string of the molecule is CC(C)(C)c1ccc(S(=O)(=O)c2ccc(Oc3ccc(Oc4ccc(O)cc4)cc3)cc2)cc1. The molecule has 0 bridgehead atoms. The molecule has 0 aliphatic heterocycles. The van der Waals surface area contributed by atoms with Crippen molar-refractivity contribution in [2.75, 3.05) is 0 Å². The molecule has 6 heteroatoms. The zero-order valence-electron chi connectivity index (χ0n) is 19.2. The Morgan fingerprint density at radius 1 is 0.559 bits per heavy atom. The molecule has 174 valence electrons. The highest BCUT2D eigenvalue weighted by Crippen LogP contribution is 2.30. The first-order chi connectivity index (χ1) is 16.1. The van der Waals surface area contributed by atoms with Gasteiger partial charge in [0, 0.05) is 0 Å². The van der Waals surface area contributed by atoms with E-state index in [0.717, 1.165) is 5.56 Å². The molecule has 0 aromatic heterocycles. The van der Waals surface area contributed by atoms with Gasteiger partial charge in [0.25, 0.3) is 0 Å². The Kier molecular flexibility index (Phi) is 6.35. The number of sulfone groups is 1. The van der Waals surface area contributed by atoms with Gasteiger partial charge in [-0.2, -0.15) is 0 Å². The molecule has 0 saturated heterocycles. The first-order valence-electron chi connectivity index (χ1n) is 10.8. The summed E-state index contributed by atoms with van der Waals surface area (Å²) in [6.45, 7) is 6.27. The van der Waals surface area contributed by atoms with Crippen molar-refractivity contribution in [1.82, 2.24) is 0 Å². The van der Waals surface area contributed by atoms with Crippen molar-refractivity contribution in [1.29, 1.82) is 0 Å². The Hall–Kier alpha value is -3.77. The lowest BCUT2D eigenvalue weighted by molar-refractivity contribution is 0.461. The number of hydrogen-bond acceptors (Lipinski definition) is 5. The summed E-state index contributed by atoms with van der Waals surface area (Å²) in [6.07, 6.45) is 0. The Labute approximate surface area is 200 Å². The third-order valence-electron chi connectivity index (χ3n) is 5.30. The molecule has 4 aromatic rings. The van der Waals surface area contributed by atoms with Gasteiger partial charge in [-0.25, -0.2) is 8.42 Å². The fraction of sp³-hybridized carbons (Fsp3) is 0.143. The maximum Gasteiger partial charge on any atom is 0.206 e. The molecule has 0 amide bonds. The largest absolute Gasteiger partial charge is 0.508 e. The van der Waals surface area contributed by atoms with Crippen molar-refractivity contribution in [2.45, 2.75) is 36.0 Å². The number of aromatic hydroxyl groups is 1. The minimum atomic E-state index is -3.62. The van der Waals surface area contributed by atoms with E-state index in [1.807, 2.05) is 12.1 Å². The van der Waals surface area contributed by atoms with Crippen molar-refractivity contribution in [3.05, 3.63) is 103 Å². The monoisotopic (exact) mass is 474 g/mol. The maximum absolute atomic E-state index is 13.0. The van der Waals surface area contributed by atoms with Gasteiger partial charge in [0.2, 0.25) is 9.84 Å².